The molecule has 2 N–H and O–H groups in total. The Morgan fingerprint density at radius 1 is 1.22 bits per heavy atom. The maximum absolute atomic E-state index is 8.80. The van der Waals surface area contributed by atoms with Gasteiger partial charge in [0.15, 0.2) is 0 Å². The van der Waals surface area contributed by atoms with Gasteiger partial charge in [-0.15, -0.1) is 5.73 Å². The third kappa shape index (κ3) is 1.52. The van der Waals surface area contributed by atoms with Gasteiger partial charge in [-0.3, -0.25) is 0 Å². The van der Waals surface area contributed by atoms with Crippen molar-refractivity contribution in [3.05, 3.63) is 35.9 Å². The molecule has 46 valence electrons. The second kappa shape index (κ2) is 2.62. The van der Waals surface area contributed by atoms with Crippen LogP contribution in [0.1, 0.15) is 11.7 Å². The topological polar surface area (TPSA) is 48.3 Å². The van der Waals surface area contributed by atoms with Crippen LogP contribution in [0.3, 0.4) is 0 Å². The van der Waals surface area contributed by atoms with Crippen LogP contribution < -0.4 is 11.5 Å². The molecule has 0 aliphatic heterocycles. The predicted molar refractivity (Wildman–Crippen MR) is 35.5 cm³/mol. The predicted octanol–water partition coefficient (Wildman–Crippen LogP) is 0.713. The molecule has 0 saturated heterocycles. The van der Waals surface area contributed by atoms with Gasteiger partial charge in [-0.2, -0.15) is 0 Å². The van der Waals surface area contributed by atoms with Crippen LogP contribution in [0, 0.1) is 0 Å². The van der Waals surface area contributed by atoms with Crippen LogP contribution in [0.5, 0.6) is 0 Å². The van der Waals surface area contributed by atoms with Crippen molar-refractivity contribution < 1.29 is 0 Å². The van der Waals surface area contributed by atoms with Gasteiger partial charge in [-0.05, 0) is 5.56 Å². The fourth-order valence-electron chi connectivity index (χ4n) is 0.650. The molecular formula is C7H8N2. The molecular weight excluding hydrogens is 112 g/mol. The van der Waals surface area contributed by atoms with E-state index in [9.17, 15) is 0 Å². The van der Waals surface area contributed by atoms with Crippen molar-refractivity contribution in [2.45, 2.75) is 6.17 Å². The van der Waals surface area contributed by atoms with Crippen LogP contribution in [0.25, 0.3) is 0 Å². The van der Waals surface area contributed by atoms with E-state index in [-0.39, 0.29) is 0 Å². The molecule has 9 heavy (non-hydrogen) atoms. The summed E-state index contributed by atoms with van der Waals surface area (Å²) in [6, 6.07) is 9.12. The van der Waals surface area contributed by atoms with E-state index in [2.05, 4.69) is 0 Å². The summed E-state index contributed by atoms with van der Waals surface area (Å²) in [5, 5.41) is 0. The molecule has 0 saturated carbocycles. The van der Waals surface area contributed by atoms with Gasteiger partial charge in [0.25, 0.3) is 0 Å². The second-order valence-electron chi connectivity index (χ2n) is 1.86. The van der Waals surface area contributed by atoms with E-state index in [0.29, 0.717) is 0 Å². The number of hydrogen-bond donors (Lipinski definition) is 1. The third-order valence-electron chi connectivity index (χ3n) is 1.14. The van der Waals surface area contributed by atoms with Crippen LogP contribution >= 0.6 is 0 Å². The van der Waals surface area contributed by atoms with E-state index in [1.54, 1.807) is 12.1 Å². The lowest BCUT2D eigenvalue weighted by atomic mass is 10.2. The molecule has 0 aliphatic rings. The van der Waals surface area contributed by atoms with E-state index in [1.165, 1.54) is 0 Å². The molecule has 0 aromatic heterocycles. The molecule has 0 spiro atoms. The van der Waals surface area contributed by atoms with Crippen molar-refractivity contribution in [2.24, 2.45) is 5.73 Å². The average Bonchev–Trinajstić information content (AvgIpc) is 1.90. The molecule has 2 heteroatoms. The fourth-order valence-corrected chi connectivity index (χ4v) is 0.650. The lowest BCUT2D eigenvalue weighted by molar-refractivity contribution is 0.746. The van der Waals surface area contributed by atoms with E-state index in [0.717, 1.165) is 5.56 Å². The highest BCUT2D eigenvalue weighted by Crippen LogP contribution is 2.03. The quantitative estimate of drug-likeness (QED) is 0.583. The number of benzene rings is 1. The van der Waals surface area contributed by atoms with Crippen LogP contribution in [-0.4, -0.2) is 0 Å². The first kappa shape index (κ1) is 6.26. The summed E-state index contributed by atoms with van der Waals surface area (Å²) >= 11 is 0. The first-order chi connectivity index (χ1) is 4.30. The van der Waals surface area contributed by atoms with E-state index in [4.69, 9.17) is 11.5 Å². The van der Waals surface area contributed by atoms with E-state index >= 15 is 0 Å². The van der Waals surface area contributed by atoms with Gasteiger partial charge in [0, 0.05) is 0 Å². The Labute approximate surface area is 54.5 Å². The molecule has 0 heterocycles. The molecule has 1 aromatic rings. The Kier molecular flexibility index (Phi) is 1.82. The monoisotopic (exact) mass is 120 g/mol. The normalized spacial score (nSPS) is 10.1. The molecule has 0 fully saturated rings. The van der Waals surface area contributed by atoms with E-state index in [1.807, 2.05) is 18.2 Å². The number of nitrogens with zero attached hydrogens (tertiary/aromatic N) is 1. The zero-order valence-corrected chi connectivity index (χ0v) is 4.99. The number of rotatable bonds is 1. The first-order valence-corrected chi connectivity index (χ1v) is 2.79. The second-order valence-corrected chi connectivity index (χ2v) is 1.86. The van der Waals surface area contributed by atoms with Crippen LogP contribution in [0.2, 0.25) is 0 Å². The lowest BCUT2D eigenvalue weighted by Crippen LogP contribution is -2.09. The zero-order valence-electron chi connectivity index (χ0n) is 4.99. The first-order valence-electron chi connectivity index (χ1n) is 2.79. The zero-order chi connectivity index (χ0) is 6.69. The van der Waals surface area contributed by atoms with Crippen LogP contribution in [-0.2, 0) is 0 Å². The maximum Gasteiger partial charge on any atom is 0.116 e. The fraction of sp³-hybridized carbons (Fsp3) is 0.143. The highest BCUT2D eigenvalue weighted by atomic mass is 14.8. The minimum Gasteiger partial charge on any atom is -0.310 e. The Morgan fingerprint density at radius 3 is 2.11 bits per heavy atom. The van der Waals surface area contributed by atoms with Crippen LogP contribution in [0.15, 0.2) is 30.3 Å². The van der Waals surface area contributed by atoms with Gasteiger partial charge in [-0.25, -0.2) is 0 Å². The molecule has 1 unspecified atom stereocenters. The standard InChI is InChI=1S/C7H8N2/c8-7(9)6-4-2-1-3-5-6/h1-5,7H,8H2. The Morgan fingerprint density at radius 2 is 1.78 bits per heavy atom. The summed E-state index contributed by atoms with van der Waals surface area (Å²) in [5.74, 6) is 0. The minimum atomic E-state index is -0.841. The largest absolute Gasteiger partial charge is 0.310 e. The molecule has 2 radical (unpaired) electrons. The van der Waals surface area contributed by atoms with Crippen molar-refractivity contribution in [1.82, 2.24) is 5.73 Å². The van der Waals surface area contributed by atoms with Crippen molar-refractivity contribution in [2.75, 3.05) is 0 Å². The molecule has 1 atom stereocenters. The molecule has 0 bridgehead atoms. The number of nitrogens with two attached hydrogens (primary N) is 1. The lowest BCUT2D eigenvalue weighted by Gasteiger charge is -1.99. The van der Waals surface area contributed by atoms with Crippen molar-refractivity contribution in [3.63, 3.8) is 0 Å². The van der Waals surface area contributed by atoms with Crippen molar-refractivity contribution in [1.29, 1.82) is 0 Å². The third-order valence-corrected chi connectivity index (χ3v) is 1.14. The van der Waals surface area contributed by atoms with Gasteiger partial charge >= 0.3 is 0 Å². The number of hydrogen-bond acceptors (Lipinski definition) is 1. The van der Waals surface area contributed by atoms with Gasteiger partial charge in [0.2, 0.25) is 0 Å². The summed E-state index contributed by atoms with van der Waals surface area (Å²) in [6.07, 6.45) is -0.841. The smallest absolute Gasteiger partial charge is 0.116 e. The SMILES string of the molecule is [N]C(N)c1ccccc1. The molecule has 0 aliphatic carbocycles. The molecule has 1 aromatic carbocycles. The maximum atomic E-state index is 8.80. The highest BCUT2D eigenvalue weighted by Gasteiger charge is 1.96. The van der Waals surface area contributed by atoms with Crippen molar-refractivity contribution >= 4 is 0 Å². The molecule has 1 rings (SSSR count). The van der Waals surface area contributed by atoms with E-state index < -0.39 is 6.17 Å². The van der Waals surface area contributed by atoms with Gasteiger partial charge in [-0.1, -0.05) is 30.3 Å². The molecule has 2 nitrogen and oxygen atoms in total. The minimum absolute atomic E-state index is 0.748. The Bertz CT molecular complexity index is 170. The Hall–Kier alpha value is -0.860. The molecule has 0 amide bonds. The highest BCUT2D eigenvalue weighted by molar-refractivity contribution is 5.16. The van der Waals surface area contributed by atoms with Gasteiger partial charge in [0.1, 0.15) is 6.17 Å². The average molecular weight is 120 g/mol. The van der Waals surface area contributed by atoms with Crippen molar-refractivity contribution in [3.8, 4) is 0 Å². The Balaban J connectivity index is 2.85. The summed E-state index contributed by atoms with van der Waals surface area (Å²) in [4.78, 5) is 0. The van der Waals surface area contributed by atoms with Gasteiger partial charge < -0.3 is 5.73 Å². The van der Waals surface area contributed by atoms with Crippen LogP contribution in [0.4, 0.5) is 0 Å². The summed E-state index contributed by atoms with van der Waals surface area (Å²) in [5.41, 5.74) is 14.7. The van der Waals surface area contributed by atoms with Gasteiger partial charge in [0.05, 0.1) is 0 Å². The summed E-state index contributed by atoms with van der Waals surface area (Å²) in [7, 11) is 0. The summed E-state index contributed by atoms with van der Waals surface area (Å²) < 4.78 is 0. The summed E-state index contributed by atoms with van der Waals surface area (Å²) in [6.45, 7) is 0.